The number of ether oxygens (including phenoxy) is 2. The molecule has 0 bridgehead atoms. The Hall–Kier alpha value is -3.39. The molecule has 0 spiro atoms. The zero-order valence-electron chi connectivity index (χ0n) is 19.4. The highest BCUT2D eigenvalue weighted by molar-refractivity contribution is 5.94. The Morgan fingerprint density at radius 2 is 1.65 bits per heavy atom. The molecule has 2 aliphatic heterocycles. The lowest BCUT2D eigenvalue weighted by molar-refractivity contribution is 0.0390. The average Bonchev–Trinajstić information content (AvgIpc) is 2.89. The Balaban J connectivity index is 1.52. The van der Waals surface area contributed by atoms with Crippen LogP contribution in [0.15, 0.2) is 54.6 Å². The summed E-state index contributed by atoms with van der Waals surface area (Å²) in [6.45, 7) is 5.30. The van der Waals surface area contributed by atoms with Crippen LogP contribution in [-0.4, -0.2) is 79.7 Å². The van der Waals surface area contributed by atoms with Gasteiger partial charge in [-0.2, -0.15) is 0 Å². The van der Waals surface area contributed by atoms with E-state index in [0.29, 0.717) is 63.5 Å². The van der Waals surface area contributed by atoms with E-state index in [1.807, 2.05) is 40.1 Å². The van der Waals surface area contributed by atoms with Crippen molar-refractivity contribution in [3.63, 3.8) is 0 Å². The fraction of sp³-hybridized carbons (Fsp3) is 0.423. The van der Waals surface area contributed by atoms with Gasteiger partial charge in [-0.05, 0) is 43.2 Å². The van der Waals surface area contributed by atoms with Gasteiger partial charge in [-0.15, -0.1) is 0 Å². The van der Waals surface area contributed by atoms with Crippen LogP contribution in [0.3, 0.4) is 0 Å². The minimum Gasteiger partial charge on any atom is -0.462 e. The van der Waals surface area contributed by atoms with Gasteiger partial charge in [-0.1, -0.05) is 30.3 Å². The molecule has 4 rings (SSSR count). The zero-order valence-corrected chi connectivity index (χ0v) is 19.4. The van der Waals surface area contributed by atoms with Gasteiger partial charge in [0, 0.05) is 43.7 Å². The molecule has 2 atom stereocenters. The van der Waals surface area contributed by atoms with Crippen LogP contribution in [-0.2, 0) is 9.47 Å². The van der Waals surface area contributed by atoms with Crippen LogP contribution >= 0.6 is 0 Å². The first-order chi connectivity index (χ1) is 16.5. The first-order valence-corrected chi connectivity index (χ1v) is 11.8. The van der Waals surface area contributed by atoms with Crippen molar-refractivity contribution in [1.29, 1.82) is 0 Å². The van der Waals surface area contributed by atoms with Crippen molar-refractivity contribution in [2.75, 3.05) is 46.0 Å². The van der Waals surface area contributed by atoms with Gasteiger partial charge in [-0.3, -0.25) is 4.79 Å². The summed E-state index contributed by atoms with van der Waals surface area (Å²) in [6.07, 6.45) is 0.699. The molecule has 8 heteroatoms. The number of benzene rings is 2. The fourth-order valence-electron chi connectivity index (χ4n) is 4.52. The van der Waals surface area contributed by atoms with Gasteiger partial charge in [0.05, 0.1) is 25.4 Å². The number of amides is 3. The minimum atomic E-state index is -0.352. The molecule has 2 aromatic rings. The predicted molar refractivity (Wildman–Crippen MR) is 127 cm³/mol. The number of piperidine rings is 1. The van der Waals surface area contributed by atoms with Gasteiger partial charge < -0.3 is 24.6 Å². The molecule has 2 aromatic carbocycles. The van der Waals surface area contributed by atoms with Crippen molar-refractivity contribution in [2.45, 2.75) is 25.3 Å². The van der Waals surface area contributed by atoms with E-state index in [-0.39, 0.29) is 29.9 Å². The van der Waals surface area contributed by atoms with Crippen LogP contribution in [0, 0.1) is 0 Å². The Morgan fingerprint density at radius 3 is 2.32 bits per heavy atom. The molecule has 0 saturated carbocycles. The van der Waals surface area contributed by atoms with E-state index in [1.54, 1.807) is 31.2 Å². The molecule has 180 valence electrons. The topological polar surface area (TPSA) is 88.2 Å². The smallest absolute Gasteiger partial charge is 0.338 e. The van der Waals surface area contributed by atoms with E-state index in [4.69, 9.17) is 9.47 Å². The van der Waals surface area contributed by atoms with Crippen LogP contribution in [0.1, 0.15) is 45.5 Å². The van der Waals surface area contributed by atoms with Crippen LogP contribution < -0.4 is 5.32 Å². The SMILES string of the molecule is CCOC(=O)c1ccc(C2CC(NC(=O)c3ccccc3)CN(C(=O)N3CCOCC3)C2)cc1. The van der Waals surface area contributed by atoms with E-state index in [0.717, 1.165) is 5.56 Å². The highest BCUT2D eigenvalue weighted by Gasteiger charge is 2.34. The van der Waals surface area contributed by atoms with Crippen molar-refractivity contribution < 1.29 is 23.9 Å². The maximum atomic E-state index is 13.3. The van der Waals surface area contributed by atoms with Crippen molar-refractivity contribution >= 4 is 17.9 Å². The third kappa shape index (κ3) is 5.75. The first kappa shape index (κ1) is 23.8. The third-order valence-corrected chi connectivity index (χ3v) is 6.27. The monoisotopic (exact) mass is 465 g/mol. The average molecular weight is 466 g/mol. The van der Waals surface area contributed by atoms with Crippen molar-refractivity contribution in [3.05, 3.63) is 71.3 Å². The van der Waals surface area contributed by atoms with Gasteiger partial charge in [0.2, 0.25) is 0 Å². The van der Waals surface area contributed by atoms with Crippen molar-refractivity contribution in [1.82, 2.24) is 15.1 Å². The van der Waals surface area contributed by atoms with Crippen LogP contribution in [0.2, 0.25) is 0 Å². The largest absolute Gasteiger partial charge is 0.462 e. The summed E-state index contributed by atoms with van der Waals surface area (Å²) in [5.74, 6) is -0.478. The molecule has 34 heavy (non-hydrogen) atoms. The van der Waals surface area contributed by atoms with Gasteiger partial charge >= 0.3 is 12.0 Å². The van der Waals surface area contributed by atoms with Gasteiger partial charge in [0.15, 0.2) is 0 Å². The van der Waals surface area contributed by atoms with Crippen molar-refractivity contribution in [3.8, 4) is 0 Å². The Labute approximate surface area is 199 Å². The van der Waals surface area contributed by atoms with Gasteiger partial charge in [0.25, 0.3) is 5.91 Å². The molecule has 2 heterocycles. The van der Waals surface area contributed by atoms with E-state index in [1.165, 1.54) is 0 Å². The standard InChI is InChI=1S/C26H31N3O5/c1-2-34-25(31)21-10-8-19(9-11-21)22-16-23(27-24(30)20-6-4-3-5-7-20)18-29(17-22)26(32)28-12-14-33-15-13-28/h3-11,22-23H,2,12-18H2,1H3,(H,27,30). The number of likely N-dealkylation sites (tertiary alicyclic amines) is 1. The maximum Gasteiger partial charge on any atom is 0.338 e. The number of carbonyl (C=O) groups excluding carboxylic acids is 3. The molecule has 2 saturated heterocycles. The molecule has 0 aliphatic carbocycles. The number of nitrogens with zero attached hydrogens (tertiary/aromatic N) is 2. The molecule has 2 unspecified atom stereocenters. The maximum absolute atomic E-state index is 13.3. The molecule has 1 N–H and O–H groups in total. The number of esters is 1. The summed E-state index contributed by atoms with van der Waals surface area (Å²) in [4.78, 5) is 41.7. The highest BCUT2D eigenvalue weighted by Crippen LogP contribution is 2.28. The second-order valence-electron chi connectivity index (χ2n) is 8.60. The molecular formula is C26H31N3O5. The first-order valence-electron chi connectivity index (χ1n) is 11.8. The molecule has 2 fully saturated rings. The number of nitrogens with one attached hydrogen (secondary N) is 1. The number of hydrogen-bond donors (Lipinski definition) is 1. The number of rotatable bonds is 5. The predicted octanol–water partition coefficient (Wildman–Crippen LogP) is 2.90. The molecular weight excluding hydrogens is 434 g/mol. The second-order valence-corrected chi connectivity index (χ2v) is 8.60. The number of carbonyl (C=O) groups is 3. The Kier molecular flexibility index (Phi) is 7.80. The van der Waals surface area contributed by atoms with Crippen LogP contribution in [0.25, 0.3) is 0 Å². The molecule has 3 amide bonds. The van der Waals surface area contributed by atoms with E-state index < -0.39 is 0 Å². The van der Waals surface area contributed by atoms with Gasteiger partial charge in [0.1, 0.15) is 0 Å². The number of morpholine rings is 1. The minimum absolute atomic E-state index is 0.0241. The summed E-state index contributed by atoms with van der Waals surface area (Å²) in [6, 6.07) is 16.2. The Morgan fingerprint density at radius 1 is 0.941 bits per heavy atom. The summed E-state index contributed by atoms with van der Waals surface area (Å²) in [7, 11) is 0. The fourth-order valence-corrected chi connectivity index (χ4v) is 4.52. The quantitative estimate of drug-likeness (QED) is 0.686. The van der Waals surface area contributed by atoms with Crippen LogP contribution in [0.5, 0.6) is 0 Å². The second kappa shape index (κ2) is 11.2. The summed E-state index contributed by atoms with van der Waals surface area (Å²) < 4.78 is 10.5. The number of hydrogen-bond acceptors (Lipinski definition) is 5. The van der Waals surface area contributed by atoms with E-state index in [9.17, 15) is 14.4 Å². The normalized spacial score (nSPS) is 20.5. The van der Waals surface area contributed by atoms with Gasteiger partial charge in [-0.25, -0.2) is 9.59 Å². The van der Waals surface area contributed by atoms with E-state index in [2.05, 4.69) is 5.32 Å². The Bertz CT molecular complexity index is 989. The molecule has 2 aliphatic rings. The molecule has 8 nitrogen and oxygen atoms in total. The van der Waals surface area contributed by atoms with E-state index >= 15 is 0 Å². The third-order valence-electron chi connectivity index (χ3n) is 6.27. The molecule has 0 radical (unpaired) electrons. The zero-order chi connectivity index (χ0) is 23.9. The lowest BCUT2D eigenvalue weighted by atomic mass is 9.87. The number of urea groups is 1. The van der Waals surface area contributed by atoms with Crippen molar-refractivity contribution in [2.24, 2.45) is 0 Å². The lowest BCUT2D eigenvalue weighted by Crippen LogP contribution is -2.56. The molecule has 0 aromatic heterocycles. The summed E-state index contributed by atoms with van der Waals surface area (Å²) in [5, 5.41) is 3.12. The summed E-state index contributed by atoms with van der Waals surface area (Å²) in [5.41, 5.74) is 2.11. The summed E-state index contributed by atoms with van der Waals surface area (Å²) >= 11 is 0. The lowest BCUT2D eigenvalue weighted by Gasteiger charge is -2.41. The van der Waals surface area contributed by atoms with Crippen LogP contribution in [0.4, 0.5) is 4.79 Å². The highest BCUT2D eigenvalue weighted by atomic mass is 16.5.